The Labute approximate surface area is 203 Å². The fraction of sp³-hybridized carbons (Fsp3) is 0.185. The first-order valence-corrected chi connectivity index (χ1v) is 11.2. The van der Waals surface area contributed by atoms with E-state index in [1.54, 1.807) is 21.3 Å². The Hall–Kier alpha value is -4.46. The molecule has 1 aliphatic heterocycles. The van der Waals surface area contributed by atoms with Gasteiger partial charge in [0.2, 0.25) is 11.7 Å². The van der Waals surface area contributed by atoms with E-state index in [-0.39, 0.29) is 5.91 Å². The fourth-order valence-corrected chi connectivity index (χ4v) is 4.55. The van der Waals surface area contributed by atoms with Crippen molar-refractivity contribution < 1.29 is 19.0 Å². The van der Waals surface area contributed by atoms with Crippen LogP contribution in [0.15, 0.2) is 78.0 Å². The average molecular weight is 471 g/mol. The van der Waals surface area contributed by atoms with Crippen LogP contribution in [0.25, 0.3) is 11.0 Å². The van der Waals surface area contributed by atoms with Gasteiger partial charge in [-0.25, -0.2) is 4.98 Å². The molecule has 0 aliphatic carbocycles. The second-order valence-corrected chi connectivity index (χ2v) is 8.14. The highest BCUT2D eigenvalue weighted by Crippen LogP contribution is 2.45. The van der Waals surface area contributed by atoms with E-state index in [0.29, 0.717) is 40.2 Å². The molecule has 35 heavy (non-hydrogen) atoms. The molecule has 1 aromatic heterocycles. The Morgan fingerprint density at radius 1 is 0.943 bits per heavy atom. The Bertz CT molecular complexity index is 1420. The normalized spacial score (nSPS) is 14.8. The summed E-state index contributed by atoms with van der Waals surface area (Å²) in [5, 5.41) is 6.36. The van der Waals surface area contributed by atoms with Crippen molar-refractivity contribution in [2.75, 3.05) is 32.0 Å². The molecule has 0 saturated carbocycles. The van der Waals surface area contributed by atoms with Crippen molar-refractivity contribution in [3.8, 4) is 17.2 Å². The maximum absolute atomic E-state index is 13.7. The van der Waals surface area contributed by atoms with Gasteiger partial charge >= 0.3 is 0 Å². The van der Waals surface area contributed by atoms with Crippen molar-refractivity contribution in [2.24, 2.45) is 0 Å². The Morgan fingerprint density at radius 2 is 1.60 bits per heavy atom. The lowest BCUT2D eigenvalue weighted by molar-refractivity contribution is -0.113. The molecule has 0 fully saturated rings. The molecule has 0 spiro atoms. The number of fused-ring (bicyclic) bond motifs is 3. The predicted molar refractivity (Wildman–Crippen MR) is 135 cm³/mol. The number of methoxy groups -OCH3 is 3. The van der Waals surface area contributed by atoms with Crippen LogP contribution in [0.5, 0.6) is 17.2 Å². The molecule has 0 radical (unpaired) electrons. The van der Waals surface area contributed by atoms with Gasteiger partial charge in [0.25, 0.3) is 5.91 Å². The van der Waals surface area contributed by atoms with E-state index in [1.165, 1.54) is 0 Å². The van der Waals surface area contributed by atoms with E-state index in [1.807, 2.05) is 78.2 Å². The van der Waals surface area contributed by atoms with Gasteiger partial charge in [0.1, 0.15) is 0 Å². The summed E-state index contributed by atoms with van der Waals surface area (Å²) in [5.41, 5.74) is 4.49. The first kappa shape index (κ1) is 22.3. The van der Waals surface area contributed by atoms with E-state index in [9.17, 15) is 4.79 Å². The minimum Gasteiger partial charge on any atom is -0.493 e. The zero-order valence-corrected chi connectivity index (χ0v) is 20.0. The van der Waals surface area contributed by atoms with Crippen LogP contribution in [0, 0.1) is 0 Å². The van der Waals surface area contributed by atoms with Crippen LogP contribution in [-0.4, -0.2) is 36.8 Å². The summed E-state index contributed by atoms with van der Waals surface area (Å²) in [6.45, 7) is 1.88. The number of imidazole rings is 1. The zero-order valence-electron chi connectivity index (χ0n) is 20.0. The van der Waals surface area contributed by atoms with E-state index >= 15 is 0 Å². The zero-order chi connectivity index (χ0) is 24.5. The van der Waals surface area contributed by atoms with Gasteiger partial charge in [-0.15, -0.1) is 0 Å². The van der Waals surface area contributed by atoms with Gasteiger partial charge in [-0.1, -0.05) is 30.3 Å². The highest BCUT2D eigenvalue weighted by molar-refractivity contribution is 6.06. The number of nitrogens with one attached hydrogen (secondary N) is 2. The third kappa shape index (κ3) is 3.82. The van der Waals surface area contributed by atoms with Crippen molar-refractivity contribution >= 4 is 28.6 Å². The molecule has 4 aromatic rings. The SMILES string of the molecule is COc1cc(C2C(C(=O)Nc3ccccc3)=C(C)Nc3nc4ccccc4n32)cc(OC)c1OC. The maximum atomic E-state index is 13.7. The van der Waals surface area contributed by atoms with E-state index in [2.05, 4.69) is 10.6 Å². The lowest BCUT2D eigenvalue weighted by Gasteiger charge is -2.31. The number of anilines is 2. The van der Waals surface area contributed by atoms with E-state index in [0.717, 1.165) is 16.6 Å². The Morgan fingerprint density at radius 3 is 2.26 bits per heavy atom. The van der Waals surface area contributed by atoms with Crippen LogP contribution >= 0.6 is 0 Å². The molecule has 0 bridgehead atoms. The van der Waals surface area contributed by atoms with E-state index < -0.39 is 6.04 Å². The topological polar surface area (TPSA) is 86.6 Å². The van der Waals surface area contributed by atoms with Gasteiger partial charge in [-0.05, 0) is 48.9 Å². The number of hydrogen-bond donors (Lipinski definition) is 2. The van der Waals surface area contributed by atoms with Gasteiger partial charge in [-0.2, -0.15) is 0 Å². The minimum atomic E-state index is -0.504. The first-order valence-electron chi connectivity index (χ1n) is 11.2. The molecule has 2 N–H and O–H groups in total. The van der Waals surface area contributed by atoms with Crippen LogP contribution in [0.4, 0.5) is 11.6 Å². The number of para-hydroxylation sites is 3. The summed E-state index contributed by atoms with van der Waals surface area (Å²) in [6, 6.07) is 20.5. The van der Waals surface area contributed by atoms with Crippen molar-refractivity contribution in [3.63, 3.8) is 0 Å². The van der Waals surface area contributed by atoms with Crippen molar-refractivity contribution in [1.29, 1.82) is 0 Å². The van der Waals surface area contributed by atoms with Crippen LogP contribution in [0.2, 0.25) is 0 Å². The average Bonchev–Trinajstić information content (AvgIpc) is 3.25. The Kier molecular flexibility index (Phi) is 5.78. The maximum Gasteiger partial charge on any atom is 0.255 e. The van der Waals surface area contributed by atoms with Gasteiger partial charge in [0.05, 0.1) is 44.0 Å². The number of aromatic nitrogens is 2. The van der Waals surface area contributed by atoms with Crippen molar-refractivity contribution in [2.45, 2.75) is 13.0 Å². The summed E-state index contributed by atoms with van der Waals surface area (Å²) >= 11 is 0. The third-order valence-electron chi connectivity index (χ3n) is 6.11. The molecular weight excluding hydrogens is 444 g/mol. The first-order chi connectivity index (χ1) is 17.0. The standard InChI is InChI=1S/C27H26N4O4/c1-16-23(26(32)29-18-10-6-5-7-11-18)24(17-14-21(33-2)25(35-4)22(15-17)34-3)31-20-13-9-8-12-19(20)30-27(31)28-16/h5-15,24H,1-4H3,(H,28,30)(H,29,32). The second kappa shape index (κ2) is 9.06. The number of ether oxygens (including phenoxy) is 3. The molecule has 2 heterocycles. The quantitative estimate of drug-likeness (QED) is 0.413. The van der Waals surface area contributed by atoms with E-state index in [4.69, 9.17) is 19.2 Å². The summed E-state index contributed by atoms with van der Waals surface area (Å²) in [6.07, 6.45) is 0. The molecule has 8 nitrogen and oxygen atoms in total. The number of allylic oxidation sites excluding steroid dienone is 1. The lowest BCUT2D eigenvalue weighted by atomic mass is 9.93. The number of amides is 1. The smallest absolute Gasteiger partial charge is 0.255 e. The van der Waals surface area contributed by atoms with Crippen LogP contribution in [0.3, 0.4) is 0 Å². The summed E-state index contributed by atoms with van der Waals surface area (Å²) in [7, 11) is 4.71. The van der Waals surface area contributed by atoms with Crippen LogP contribution < -0.4 is 24.8 Å². The third-order valence-corrected chi connectivity index (χ3v) is 6.11. The molecule has 8 heteroatoms. The largest absolute Gasteiger partial charge is 0.493 e. The highest BCUT2D eigenvalue weighted by atomic mass is 16.5. The molecule has 1 atom stereocenters. The number of nitrogens with zero attached hydrogens (tertiary/aromatic N) is 2. The van der Waals surface area contributed by atoms with Gasteiger partial charge in [0.15, 0.2) is 11.5 Å². The number of rotatable bonds is 6. The molecule has 178 valence electrons. The monoisotopic (exact) mass is 470 g/mol. The number of carbonyl (C=O) groups excluding carboxylic acids is 1. The number of benzene rings is 3. The minimum absolute atomic E-state index is 0.219. The highest BCUT2D eigenvalue weighted by Gasteiger charge is 2.35. The van der Waals surface area contributed by atoms with Crippen molar-refractivity contribution in [1.82, 2.24) is 9.55 Å². The number of hydrogen-bond acceptors (Lipinski definition) is 6. The molecule has 1 amide bonds. The van der Waals surface area contributed by atoms with Crippen LogP contribution in [-0.2, 0) is 4.79 Å². The second-order valence-electron chi connectivity index (χ2n) is 8.14. The van der Waals surface area contributed by atoms with Crippen LogP contribution in [0.1, 0.15) is 18.5 Å². The Balaban J connectivity index is 1.73. The molecule has 3 aromatic carbocycles. The van der Waals surface area contributed by atoms with Gasteiger partial charge in [-0.3, -0.25) is 9.36 Å². The molecular formula is C27H26N4O4. The summed E-state index contributed by atoms with van der Waals surface area (Å²) in [4.78, 5) is 18.5. The summed E-state index contributed by atoms with van der Waals surface area (Å²) < 4.78 is 18.8. The number of carbonyl (C=O) groups is 1. The van der Waals surface area contributed by atoms with Gasteiger partial charge < -0.3 is 24.8 Å². The lowest BCUT2D eigenvalue weighted by Crippen LogP contribution is -2.31. The fourth-order valence-electron chi connectivity index (χ4n) is 4.55. The molecule has 1 unspecified atom stereocenters. The molecule has 5 rings (SSSR count). The molecule has 1 aliphatic rings. The predicted octanol–water partition coefficient (Wildman–Crippen LogP) is 4.99. The van der Waals surface area contributed by atoms with Gasteiger partial charge in [0, 0.05) is 11.4 Å². The summed E-state index contributed by atoms with van der Waals surface area (Å²) in [5.74, 6) is 1.93. The molecule has 0 saturated heterocycles. The van der Waals surface area contributed by atoms with Crippen molar-refractivity contribution in [3.05, 3.63) is 83.6 Å².